The molecule has 19 heavy (non-hydrogen) atoms. The molecule has 0 aromatic heterocycles. The lowest BCUT2D eigenvalue weighted by Gasteiger charge is -2.31. The molecule has 4 nitrogen and oxygen atoms in total. The van der Waals surface area contributed by atoms with Crippen LogP contribution in [0.2, 0.25) is 0 Å². The first-order valence-corrected chi connectivity index (χ1v) is 6.83. The quantitative estimate of drug-likeness (QED) is 0.781. The highest BCUT2D eigenvalue weighted by molar-refractivity contribution is 5.96. The van der Waals surface area contributed by atoms with Gasteiger partial charge in [0, 0.05) is 24.1 Å². The smallest absolute Gasteiger partial charge is 0.251 e. The Morgan fingerprint density at radius 3 is 2.79 bits per heavy atom. The second-order valence-electron chi connectivity index (χ2n) is 5.31. The molecule has 1 aliphatic carbocycles. The minimum atomic E-state index is -0.122. The molecule has 2 rings (SSSR count). The molecule has 0 spiro atoms. The number of phenols is 1. The van der Waals surface area contributed by atoms with Gasteiger partial charge in [0.05, 0.1) is 0 Å². The van der Waals surface area contributed by atoms with Gasteiger partial charge in [-0.1, -0.05) is 12.8 Å². The molecule has 0 radical (unpaired) electrons. The summed E-state index contributed by atoms with van der Waals surface area (Å²) in [7, 11) is 0. The van der Waals surface area contributed by atoms with Gasteiger partial charge in [-0.25, -0.2) is 0 Å². The lowest BCUT2D eigenvalue weighted by atomic mass is 9.85. The van der Waals surface area contributed by atoms with E-state index in [0.717, 1.165) is 31.2 Å². The summed E-state index contributed by atoms with van der Waals surface area (Å²) in [5, 5.41) is 21.7. The third-order valence-corrected chi connectivity index (χ3v) is 3.91. The molecule has 104 valence electrons. The van der Waals surface area contributed by atoms with Crippen LogP contribution in [0.25, 0.3) is 0 Å². The average Bonchev–Trinajstić information content (AvgIpc) is 2.39. The van der Waals surface area contributed by atoms with Crippen LogP contribution in [-0.2, 0) is 0 Å². The number of phenolic OH excluding ortho intramolecular Hbond substituents is 1. The Kier molecular flexibility index (Phi) is 4.43. The molecule has 0 heterocycles. The fourth-order valence-electron chi connectivity index (χ4n) is 2.76. The molecule has 0 saturated heterocycles. The molecule has 2 unspecified atom stereocenters. The number of aromatic hydroxyl groups is 1. The number of carbonyl (C=O) groups is 1. The highest BCUT2D eigenvalue weighted by Crippen LogP contribution is 2.24. The maximum Gasteiger partial charge on any atom is 0.251 e. The molecule has 1 aliphatic rings. The van der Waals surface area contributed by atoms with E-state index in [9.17, 15) is 15.0 Å². The highest BCUT2D eigenvalue weighted by atomic mass is 16.3. The van der Waals surface area contributed by atoms with E-state index in [0.29, 0.717) is 5.56 Å². The molecule has 1 amide bonds. The first kappa shape index (κ1) is 13.9. The molecule has 3 N–H and O–H groups in total. The van der Waals surface area contributed by atoms with E-state index in [1.807, 2.05) is 0 Å². The number of benzene rings is 1. The van der Waals surface area contributed by atoms with Gasteiger partial charge in [-0.2, -0.15) is 0 Å². The van der Waals surface area contributed by atoms with E-state index < -0.39 is 0 Å². The van der Waals surface area contributed by atoms with Crippen LogP contribution in [0.5, 0.6) is 5.75 Å². The van der Waals surface area contributed by atoms with Crippen molar-refractivity contribution < 1.29 is 15.0 Å². The van der Waals surface area contributed by atoms with Crippen molar-refractivity contribution in [3.63, 3.8) is 0 Å². The SMILES string of the molecule is Cc1cc(O)ccc1C(=O)NC1CCCCC1CO. The predicted molar refractivity (Wildman–Crippen MR) is 73.1 cm³/mol. The van der Waals surface area contributed by atoms with E-state index >= 15 is 0 Å². The van der Waals surface area contributed by atoms with E-state index in [1.54, 1.807) is 19.1 Å². The summed E-state index contributed by atoms with van der Waals surface area (Å²) in [6, 6.07) is 4.79. The number of carbonyl (C=O) groups excluding carboxylic acids is 1. The van der Waals surface area contributed by atoms with E-state index in [-0.39, 0.29) is 30.2 Å². The minimum absolute atomic E-state index is 0.0550. The third-order valence-electron chi connectivity index (χ3n) is 3.91. The first-order chi connectivity index (χ1) is 9.11. The Morgan fingerprint density at radius 2 is 2.11 bits per heavy atom. The Balaban J connectivity index is 2.07. The lowest BCUT2D eigenvalue weighted by molar-refractivity contribution is 0.0872. The molecule has 1 fully saturated rings. The monoisotopic (exact) mass is 263 g/mol. The van der Waals surface area contributed by atoms with Crippen LogP contribution in [0, 0.1) is 12.8 Å². The van der Waals surface area contributed by atoms with Crippen LogP contribution < -0.4 is 5.32 Å². The van der Waals surface area contributed by atoms with E-state index in [1.165, 1.54) is 6.07 Å². The number of aliphatic hydroxyl groups excluding tert-OH is 1. The van der Waals surface area contributed by atoms with Crippen molar-refractivity contribution in [2.24, 2.45) is 5.92 Å². The second kappa shape index (κ2) is 6.06. The Labute approximate surface area is 113 Å². The summed E-state index contributed by atoms with van der Waals surface area (Å²) in [5.74, 6) is 0.206. The van der Waals surface area contributed by atoms with Crippen LogP contribution in [0.15, 0.2) is 18.2 Å². The van der Waals surface area contributed by atoms with Gasteiger partial charge in [-0.3, -0.25) is 4.79 Å². The van der Waals surface area contributed by atoms with Gasteiger partial charge >= 0.3 is 0 Å². The fraction of sp³-hybridized carbons (Fsp3) is 0.533. The van der Waals surface area contributed by atoms with Gasteiger partial charge < -0.3 is 15.5 Å². The zero-order chi connectivity index (χ0) is 13.8. The fourth-order valence-corrected chi connectivity index (χ4v) is 2.76. The molecule has 2 atom stereocenters. The number of hydrogen-bond acceptors (Lipinski definition) is 3. The maximum absolute atomic E-state index is 12.2. The summed E-state index contributed by atoms with van der Waals surface area (Å²) < 4.78 is 0. The van der Waals surface area contributed by atoms with Gasteiger partial charge in [0.2, 0.25) is 0 Å². The third kappa shape index (κ3) is 3.26. The predicted octanol–water partition coefficient (Wildman–Crippen LogP) is 1.98. The lowest BCUT2D eigenvalue weighted by Crippen LogP contribution is -2.43. The maximum atomic E-state index is 12.2. The number of hydrogen-bond donors (Lipinski definition) is 3. The zero-order valence-corrected chi connectivity index (χ0v) is 11.2. The highest BCUT2D eigenvalue weighted by Gasteiger charge is 2.26. The van der Waals surface area contributed by atoms with Crippen molar-refractivity contribution in [1.82, 2.24) is 5.32 Å². The minimum Gasteiger partial charge on any atom is -0.508 e. The van der Waals surface area contributed by atoms with Crippen molar-refractivity contribution in [3.05, 3.63) is 29.3 Å². The van der Waals surface area contributed by atoms with Gasteiger partial charge in [0.25, 0.3) is 5.91 Å². The van der Waals surface area contributed by atoms with Crippen molar-refractivity contribution in [3.8, 4) is 5.75 Å². The van der Waals surface area contributed by atoms with Crippen molar-refractivity contribution in [2.45, 2.75) is 38.6 Å². The van der Waals surface area contributed by atoms with Crippen LogP contribution >= 0.6 is 0 Å². The molecule has 1 aromatic rings. The molecule has 0 bridgehead atoms. The number of nitrogens with one attached hydrogen (secondary N) is 1. The van der Waals surface area contributed by atoms with Crippen molar-refractivity contribution in [1.29, 1.82) is 0 Å². The zero-order valence-electron chi connectivity index (χ0n) is 11.2. The van der Waals surface area contributed by atoms with Gasteiger partial charge in [0.1, 0.15) is 5.75 Å². The average molecular weight is 263 g/mol. The van der Waals surface area contributed by atoms with Gasteiger partial charge in [-0.15, -0.1) is 0 Å². The van der Waals surface area contributed by atoms with E-state index in [2.05, 4.69) is 5.32 Å². The number of amides is 1. The molecule has 1 aromatic carbocycles. The first-order valence-electron chi connectivity index (χ1n) is 6.83. The van der Waals surface area contributed by atoms with Crippen LogP contribution in [0.4, 0.5) is 0 Å². The largest absolute Gasteiger partial charge is 0.508 e. The number of aliphatic hydroxyl groups is 1. The van der Waals surface area contributed by atoms with Crippen LogP contribution in [-0.4, -0.2) is 28.8 Å². The van der Waals surface area contributed by atoms with Crippen LogP contribution in [0.3, 0.4) is 0 Å². The standard InChI is InChI=1S/C15H21NO3/c1-10-8-12(18)6-7-13(10)15(19)16-14-5-3-2-4-11(14)9-17/h6-8,11,14,17-18H,2-5,9H2,1H3,(H,16,19). The topological polar surface area (TPSA) is 69.6 Å². The normalized spacial score (nSPS) is 23.1. The molecule has 0 aliphatic heterocycles. The summed E-state index contributed by atoms with van der Waals surface area (Å²) in [6.45, 7) is 1.93. The van der Waals surface area contributed by atoms with Crippen molar-refractivity contribution >= 4 is 5.91 Å². The van der Waals surface area contributed by atoms with Crippen molar-refractivity contribution in [2.75, 3.05) is 6.61 Å². The van der Waals surface area contributed by atoms with Gasteiger partial charge in [0.15, 0.2) is 0 Å². The summed E-state index contributed by atoms with van der Waals surface area (Å²) >= 11 is 0. The second-order valence-corrected chi connectivity index (χ2v) is 5.31. The molecular formula is C15H21NO3. The van der Waals surface area contributed by atoms with E-state index in [4.69, 9.17) is 0 Å². The number of rotatable bonds is 3. The number of aryl methyl sites for hydroxylation is 1. The summed E-state index contributed by atoms with van der Waals surface area (Å²) in [4.78, 5) is 12.2. The summed E-state index contributed by atoms with van der Waals surface area (Å²) in [6.07, 6.45) is 4.11. The molecule has 1 saturated carbocycles. The Bertz CT molecular complexity index is 459. The Hall–Kier alpha value is -1.55. The molecule has 4 heteroatoms. The van der Waals surface area contributed by atoms with Crippen LogP contribution in [0.1, 0.15) is 41.6 Å². The summed E-state index contributed by atoms with van der Waals surface area (Å²) in [5.41, 5.74) is 1.34. The molecular weight excluding hydrogens is 242 g/mol. The Morgan fingerprint density at radius 1 is 1.37 bits per heavy atom. The van der Waals surface area contributed by atoms with Gasteiger partial charge in [-0.05, 0) is 43.5 Å².